The number of carbonyl (C=O) groups is 1. The molecule has 6 heteroatoms. The summed E-state index contributed by atoms with van der Waals surface area (Å²) >= 11 is 0. The highest BCUT2D eigenvalue weighted by molar-refractivity contribution is 5.72. The average molecular weight is 223 g/mol. The molecule has 0 bridgehead atoms. The number of carboxylic acids is 1. The third-order valence-electron chi connectivity index (χ3n) is 2.30. The Morgan fingerprint density at radius 2 is 1.87 bits per heavy atom. The van der Waals surface area contributed by atoms with Crippen LogP contribution in [0.15, 0.2) is 0 Å². The first kappa shape index (κ1) is 14.3. The zero-order chi connectivity index (χ0) is 11.8. The van der Waals surface area contributed by atoms with E-state index in [0.29, 0.717) is 6.42 Å². The number of alkyl halides is 1. The Morgan fingerprint density at radius 3 is 2.27 bits per heavy atom. The third kappa shape index (κ3) is 6.38. The van der Waals surface area contributed by atoms with Crippen LogP contribution in [0.4, 0.5) is 4.39 Å². The molecule has 2 atom stereocenters. The minimum Gasteiger partial charge on any atom is -0.480 e. The van der Waals surface area contributed by atoms with E-state index in [0.717, 1.165) is 0 Å². The standard InChI is InChI=1S/C9H18FNO4/c10-5-1-2-6(8(12)13)3-4-7(11)9(14)15/h6-8,12-13H,1-5,11H2,(H,14,15)/t6?,7-/m0/s1. The number of halogens is 1. The fraction of sp³-hybridized carbons (Fsp3) is 0.889. The van der Waals surface area contributed by atoms with Crippen molar-refractivity contribution in [2.24, 2.45) is 11.7 Å². The summed E-state index contributed by atoms with van der Waals surface area (Å²) in [7, 11) is 0. The highest BCUT2D eigenvalue weighted by Gasteiger charge is 2.19. The van der Waals surface area contributed by atoms with Crippen LogP contribution in [0, 0.1) is 5.92 Å². The summed E-state index contributed by atoms with van der Waals surface area (Å²) in [6.07, 6.45) is -0.558. The average Bonchev–Trinajstić information content (AvgIpc) is 2.16. The number of aliphatic hydroxyl groups is 2. The minimum absolute atomic E-state index is 0.157. The maximum absolute atomic E-state index is 11.9. The van der Waals surface area contributed by atoms with Crippen molar-refractivity contribution in [2.75, 3.05) is 6.67 Å². The molecule has 0 aromatic rings. The van der Waals surface area contributed by atoms with Crippen LogP contribution in [0.3, 0.4) is 0 Å². The number of aliphatic carboxylic acids is 1. The van der Waals surface area contributed by atoms with Gasteiger partial charge in [0.25, 0.3) is 0 Å². The Hall–Kier alpha value is -0.720. The van der Waals surface area contributed by atoms with Gasteiger partial charge in [-0.3, -0.25) is 9.18 Å². The van der Waals surface area contributed by atoms with Gasteiger partial charge in [-0.15, -0.1) is 0 Å². The van der Waals surface area contributed by atoms with Crippen LogP contribution in [-0.2, 0) is 4.79 Å². The largest absolute Gasteiger partial charge is 0.480 e. The lowest BCUT2D eigenvalue weighted by atomic mass is 9.95. The van der Waals surface area contributed by atoms with Crippen molar-refractivity contribution in [2.45, 2.75) is 38.0 Å². The zero-order valence-electron chi connectivity index (χ0n) is 8.47. The van der Waals surface area contributed by atoms with E-state index in [1.807, 2.05) is 0 Å². The van der Waals surface area contributed by atoms with Crippen molar-refractivity contribution in [1.82, 2.24) is 0 Å². The van der Waals surface area contributed by atoms with E-state index in [2.05, 4.69) is 0 Å². The summed E-state index contributed by atoms with van der Waals surface area (Å²) in [5.74, 6) is -1.63. The summed E-state index contributed by atoms with van der Waals surface area (Å²) in [6.45, 7) is -0.520. The molecule has 0 aliphatic heterocycles. The fourth-order valence-electron chi connectivity index (χ4n) is 1.30. The Balaban J connectivity index is 3.90. The summed E-state index contributed by atoms with van der Waals surface area (Å²) in [6, 6.07) is -1.00. The lowest BCUT2D eigenvalue weighted by molar-refractivity contribution is -0.139. The molecule has 5 nitrogen and oxygen atoms in total. The highest BCUT2D eigenvalue weighted by Crippen LogP contribution is 2.17. The molecule has 0 saturated heterocycles. The van der Waals surface area contributed by atoms with E-state index in [9.17, 15) is 9.18 Å². The molecule has 0 radical (unpaired) electrons. The van der Waals surface area contributed by atoms with E-state index >= 15 is 0 Å². The van der Waals surface area contributed by atoms with E-state index in [1.165, 1.54) is 0 Å². The molecule has 0 aliphatic carbocycles. The van der Waals surface area contributed by atoms with Crippen molar-refractivity contribution in [3.05, 3.63) is 0 Å². The monoisotopic (exact) mass is 223 g/mol. The van der Waals surface area contributed by atoms with Crippen molar-refractivity contribution in [3.63, 3.8) is 0 Å². The molecule has 0 spiro atoms. The molecule has 0 aromatic heterocycles. The summed E-state index contributed by atoms with van der Waals surface area (Å²) in [4.78, 5) is 10.4. The first-order chi connectivity index (χ1) is 6.99. The first-order valence-electron chi connectivity index (χ1n) is 4.89. The van der Waals surface area contributed by atoms with Crippen molar-refractivity contribution < 1.29 is 24.5 Å². The molecule has 1 unspecified atom stereocenters. The number of nitrogens with two attached hydrogens (primary N) is 1. The van der Waals surface area contributed by atoms with Crippen LogP contribution in [0.2, 0.25) is 0 Å². The van der Waals surface area contributed by atoms with Gasteiger partial charge in [-0.1, -0.05) is 0 Å². The number of aliphatic hydroxyl groups excluding tert-OH is 1. The van der Waals surface area contributed by atoms with Gasteiger partial charge in [-0.25, -0.2) is 0 Å². The van der Waals surface area contributed by atoms with Crippen LogP contribution in [0.1, 0.15) is 25.7 Å². The Kier molecular flexibility index (Phi) is 7.19. The highest BCUT2D eigenvalue weighted by atomic mass is 19.1. The van der Waals surface area contributed by atoms with Crippen LogP contribution < -0.4 is 5.73 Å². The predicted molar refractivity (Wildman–Crippen MR) is 51.8 cm³/mol. The molecule has 0 rings (SSSR count). The van der Waals surface area contributed by atoms with Crippen LogP contribution in [0.25, 0.3) is 0 Å². The van der Waals surface area contributed by atoms with E-state index < -0.39 is 30.9 Å². The van der Waals surface area contributed by atoms with Crippen LogP contribution >= 0.6 is 0 Å². The maximum atomic E-state index is 11.9. The normalized spacial score (nSPS) is 15.3. The smallest absolute Gasteiger partial charge is 0.320 e. The second kappa shape index (κ2) is 7.56. The molecule has 5 N–H and O–H groups in total. The topological polar surface area (TPSA) is 104 Å². The molecule has 0 heterocycles. The fourth-order valence-corrected chi connectivity index (χ4v) is 1.30. The zero-order valence-corrected chi connectivity index (χ0v) is 8.47. The number of hydrogen-bond acceptors (Lipinski definition) is 4. The van der Waals surface area contributed by atoms with Crippen LogP contribution in [0.5, 0.6) is 0 Å². The second-order valence-corrected chi connectivity index (χ2v) is 3.53. The molecule has 0 aliphatic rings. The van der Waals surface area contributed by atoms with E-state index in [1.54, 1.807) is 0 Å². The SMILES string of the molecule is N[C@@H](CCC(CCCF)C(O)O)C(=O)O. The molecule has 0 saturated carbocycles. The second-order valence-electron chi connectivity index (χ2n) is 3.53. The Bertz CT molecular complexity index is 189. The molecular formula is C9H18FNO4. The summed E-state index contributed by atoms with van der Waals surface area (Å²) < 4.78 is 11.9. The number of hydrogen-bond donors (Lipinski definition) is 4. The van der Waals surface area contributed by atoms with Crippen molar-refractivity contribution in [3.8, 4) is 0 Å². The quantitative estimate of drug-likeness (QED) is 0.429. The molecule has 0 amide bonds. The van der Waals surface area contributed by atoms with Gasteiger partial charge in [0.15, 0.2) is 6.29 Å². The molecule has 0 aromatic carbocycles. The van der Waals surface area contributed by atoms with Gasteiger partial charge in [-0.05, 0) is 25.7 Å². The Labute approximate surface area is 87.7 Å². The molecule has 90 valence electrons. The van der Waals surface area contributed by atoms with E-state index in [4.69, 9.17) is 21.1 Å². The first-order valence-corrected chi connectivity index (χ1v) is 4.89. The van der Waals surface area contributed by atoms with Gasteiger partial charge >= 0.3 is 5.97 Å². The number of carboxylic acid groups (broad SMARTS) is 1. The molecule has 15 heavy (non-hydrogen) atoms. The third-order valence-corrected chi connectivity index (χ3v) is 2.30. The van der Waals surface area contributed by atoms with Gasteiger partial charge in [0.2, 0.25) is 0 Å². The van der Waals surface area contributed by atoms with Crippen LogP contribution in [-0.4, -0.2) is 40.3 Å². The molecular weight excluding hydrogens is 205 g/mol. The summed E-state index contributed by atoms with van der Waals surface area (Å²) in [5.41, 5.74) is 5.26. The lowest BCUT2D eigenvalue weighted by Crippen LogP contribution is -2.32. The van der Waals surface area contributed by atoms with Gasteiger partial charge in [0.1, 0.15) is 6.04 Å². The molecule has 0 fully saturated rings. The van der Waals surface area contributed by atoms with Gasteiger partial charge < -0.3 is 21.1 Å². The predicted octanol–water partition coefficient (Wildman–Crippen LogP) is -0.145. The van der Waals surface area contributed by atoms with Crippen molar-refractivity contribution >= 4 is 5.97 Å². The number of rotatable bonds is 8. The van der Waals surface area contributed by atoms with Gasteiger partial charge in [0, 0.05) is 5.92 Å². The maximum Gasteiger partial charge on any atom is 0.320 e. The summed E-state index contributed by atoms with van der Waals surface area (Å²) in [5, 5.41) is 26.4. The van der Waals surface area contributed by atoms with Gasteiger partial charge in [-0.2, -0.15) is 0 Å². The van der Waals surface area contributed by atoms with Crippen molar-refractivity contribution in [1.29, 1.82) is 0 Å². The minimum atomic E-state index is -1.54. The van der Waals surface area contributed by atoms with Gasteiger partial charge in [0.05, 0.1) is 6.67 Å². The lowest BCUT2D eigenvalue weighted by Gasteiger charge is -2.19. The van der Waals surface area contributed by atoms with E-state index in [-0.39, 0.29) is 19.3 Å². The Morgan fingerprint density at radius 1 is 1.27 bits per heavy atom.